The summed E-state index contributed by atoms with van der Waals surface area (Å²) >= 11 is 0. The van der Waals surface area contributed by atoms with Crippen molar-refractivity contribution in [3.63, 3.8) is 0 Å². The zero-order chi connectivity index (χ0) is 16.7. The Balaban J connectivity index is 2.62. The van der Waals surface area contributed by atoms with Gasteiger partial charge in [0.25, 0.3) is 0 Å². The van der Waals surface area contributed by atoms with Gasteiger partial charge in [-0.1, -0.05) is 53.7 Å². The second kappa shape index (κ2) is 5.73. The second-order valence-electron chi connectivity index (χ2n) is 8.76. The molecule has 0 aliphatic carbocycles. The van der Waals surface area contributed by atoms with Crippen LogP contribution in [0.25, 0.3) is 10.9 Å². The van der Waals surface area contributed by atoms with E-state index in [1.807, 2.05) is 0 Å². The van der Waals surface area contributed by atoms with Crippen LogP contribution in [0.5, 0.6) is 0 Å². The number of benzene rings is 1. The fraction of sp³-hybridized carbons (Fsp3) is 0.600. The van der Waals surface area contributed by atoms with Crippen molar-refractivity contribution >= 4 is 10.9 Å². The van der Waals surface area contributed by atoms with Gasteiger partial charge in [-0.3, -0.25) is 0 Å². The predicted molar refractivity (Wildman–Crippen MR) is 97.9 cm³/mol. The molecule has 0 amide bonds. The van der Waals surface area contributed by atoms with Gasteiger partial charge >= 0.3 is 0 Å². The summed E-state index contributed by atoms with van der Waals surface area (Å²) in [6.45, 7) is 15.9. The summed E-state index contributed by atoms with van der Waals surface area (Å²) in [5.74, 6) is 0. The molecule has 22 heavy (non-hydrogen) atoms. The Bertz CT molecular complexity index is 649. The lowest BCUT2D eigenvalue weighted by Gasteiger charge is -2.24. The molecular weight excluding hydrogens is 268 g/mol. The van der Waals surface area contributed by atoms with Gasteiger partial charge in [0.2, 0.25) is 0 Å². The summed E-state index contributed by atoms with van der Waals surface area (Å²) in [5, 5.41) is 1.36. The van der Waals surface area contributed by atoms with Crippen LogP contribution in [0.4, 0.5) is 0 Å². The number of nitrogens with zero attached hydrogens (tertiary/aromatic N) is 2. The van der Waals surface area contributed by atoms with E-state index in [0.717, 1.165) is 13.1 Å². The monoisotopic (exact) mass is 300 g/mol. The lowest BCUT2D eigenvalue weighted by molar-refractivity contribution is 0.377. The number of hydrogen-bond acceptors (Lipinski definition) is 1. The third-order valence-corrected chi connectivity index (χ3v) is 4.31. The lowest BCUT2D eigenvalue weighted by Crippen LogP contribution is -2.23. The number of rotatable bonds is 3. The minimum Gasteiger partial charge on any atom is -0.343 e. The van der Waals surface area contributed by atoms with Crippen molar-refractivity contribution in [2.75, 3.05) is 20.6 Å². The molecule has 2 heteroatoms. The molecule has 122 valence electrons. The lowest BCUT2D eigenvalue weighted by atomic mass is 9.87. The highest BCUT2D eigenvalue weighted by atomic mass is 15.1. The zero-order valence-corrected chi connectivity index (χ0v) is 15.6. The minimum atomic E-state index is 0.160. The van der Waals surface area contributed by atoms with Gasteiger partial charge < -0.3 is 9.47 Å². The maximum absolute atomic E-state index is 2.52. The molecule has 0 spiro atoms. The number of hydrogen-bond donors (Lipinski definition) is 0. The Morgan fingerprint density at radius 1 is 0.909 bits per heavy atom. The average molecular weight is 300 g/mol. The second-order valence-corrected chi connectivity index (χ2v) is 8.76. The van der Waals surface area contributed by atoms with Crippen molar-refractivity contribution in [1.29, 1.82) is 0 Å². The molecule has 1 aromatic carbocycles. The van der Waals surface area contributed by atoms with Crippen LogP contribution < -0.4 is 0 Å². The van der Waals surface area contributed by atoms with E-state index in [1.54, 1.807) is 0 Å². The van der Waals surface area contributed by atoms with Crippen molar-refractivity contribution in [2.24, 2.45) is 0 Å². The molecule has 0 N–H and O–H groups in total. The molecule has 1 aromatic heterocycles. The summed E-state index contributed by atoms with van der Waals surface area (Å²) in [5.41, 5.74) is 4.55. The van der Waals surface area contributed by atoms with Crippen LogP contribution in [0.1, 0.15) is 52.8 Å². The Morgan fingerprint density at radius 2 is 1.55 bits per heavy atom. The van der Waals surface area contributed by atoms with Crippen molar-refractivity contribution in [3.8, 4) is 0 Å². The van der Waals surface area contributed by atoms with Crippen LogP contribution in [0.15, 0.2) is 24.3 Å². The number of likely N-dealkylation sites (N-methyl/N-ethyl adjacent to an activating group) is 1. The first-order valence-corrected chi connectivity index (χ1v) is 8.29. The van der Waals surface area contributed by atoms with Gasteiger partial charge in [0.15, 0.2) is 0 Å². The maximum Gasteiger partial charge on any atom is 0.0486 e. The summed E-state index contributed by atoms with van der Waals surface area (Å²) in [6, 6.07) is 9.33. The maximum atomic E-state index is 2.52. The van der Waals surface area contributed by atoms with Crippen molar-refractivity contribution in [3.05, 3.63) is 35.5 Å². The van der Waals surface area contributed by atoms with E-state index >= 15 is 0 Å². The summed E-state index contributed by atoms with van der Waals surface area (Å²) in [6.07, 6.45) is 0. The third-order valence-electron chi connectivity index (χ3n) is 4.31. The standard InChI is InChI=1S/C20H32N2/c1-19(2,3)16-10-9-15-13-18(20(4,5)6)22(17(15)14-16)12-11-21(7)8/h9-10,13-14H,11-12H2,1-8H3. The average Bonchev–Trinajstić information content (AvgIpc) is 2.72. The van der Waals surface area contributed by atoms with Crippen LogP contribution in [-0.4, -0.2) is 30.1 Å². The van der Waals surface area contributed by atoms with Crippen LogP contribution in [0.3, 0.4) is 0 Å². The quantitative estimate of drug-likeness (QED) is 0.790. The van der Waals surface area contributed by atoms with Crippen LogP contribution in [0.2, 0.25) is 0 Å². The summed E-state index contributed by atoms with van der Waals surface area (Å²) < 4.78 is 2.52. The molecule has 0 atom stereocenters. The molecule has 0 bridgehead atoms. The molecule has 0 aliphatic rings. The molecule has 2 nitrogen and oxygen atoms in total. The largest absolute Gasteiger partial charge is 0.343 e. The molecule has 2 aromatic rings. The Morgan fingerprint density at radius 3 is 2.05 bits per heavy atom. The molecule has 1 heterocycles. The first-order chi connectivity index (χ1) is 10.00. The topological polar surface area (TPSA) is 8.17 Å². The third kappa shape index (κ3) is 3.55. The van der Waals surface area contributed by atoms with E-state index in [2.05, 4.69) is 89.4 Å². The SMILES string of the molecule is CN(C)CCn1c(C(C)(C)C)cc2ccc(C(C)(C)C)cc21. The molecule has 0 aliphatic heterocycles. The molecular formula is C20H32N2. The van der Waals surface area contributed by atoms with E-state index in [0.29, 0.717) is 0 Å². The highest BCUT2D eigenvalue weighted by molar-refractivity contribution is 5.82. The molecule has 0 fully saturated rings. The van der Waals surface area contributed by atoms with Gasteiger partial charge in [0.05, 0.1) is 0 Å². The van der Waals surface area contributed by atoms with Crippen molar-refractivity contribution in [2.45, 2.75) is 58.9 Å². The number of fused-ring (bicyclic) bond motifs is 1. The van der Waals surface area contributed by atoms with Gasteiger partial charge in [-0.2, -0.15) is 0 Å². The van der Waals surface area contributed by atoms with Crippen molar-refractivity contribution < 1.29 is 0 Å². The van der Waals surface area contributed by atoms with Gasteiger partial charge in [-0.25, -0.2) is 0 Å². The Labute approximate surface area is 136 Å². The molecule has 0 radical (unpaired) electrons. The fourth-order valence-corrected chi connectivity index (χ4v) is 2.88. The van der Waals surface area contributed by atoms with Gasteiger partial charge in [0, 0.05) is 29.7 Å². The minimum absolute atomic E-state index is 0.160. The Kier molecular flexibility index (Phi) is 4.45. The van der Waals surface area contributed by atoms with E-state index < -0.39 is 0 Å². The van der Waals surface area contributed by atoms with Crippen LogP contribution in [0, 0.1) is 0 Å². The molecule has 0 unspecified atom stereocenters. The predicted octanol–water partition coefficient (Wildman–Crippen LogP) is 4.80. The zero-order valence-electron chi connectivity index (χ0n) is 15.6. The number of aromatic nitrogens is 1. The normalized spacial score (nSPS) is 13.3. The highest BCUT2D eigenvalue weighted by Gasteiger charge is 2.22. The first-order valence-electron chi connectivity index (χ1n) is 8.29. The van der Waals surface area contributed by atoms with E-state index in [9.17, 15) is 0 Å². The van der Waals surface area contributed by atoms with E-state index in [-0.39, 0.29) is 10.8 Å². The summed E-state index contributed by atoms with van der Waals surface area (Å²) in [4.78, 5) is 2.26. The Hall–Kier alpha value is -1.28. The van der Waals surface area contributed by atoms with Crippen LogP contribution in [-0.2, 0) is 17.4 Å². The molecule has 0 saturated carbocycles. The summed E-state index contributed by atoms with van der Waals surface area (Å²) in [7, 11) is 4.28. The fourth-order valence-electron chi connectivity index (χ4n) is 2.88. The first kappa shape index (κ1) is 17.1. The van der Waals surface area contributed by atoms with Crippen molar-refractivity contribution in [1.82, 2.24) is 9.47 Å². The highest BCUT2D eigenvalue weighted by Crippen LogP contribution is 2.32. The molecule has 0 saturated heterocycles. The van der Waals surface area contributed by atoms with Gasteiger partial charge in [-0.15, -0.1) is 0 Å². The van der Waals surface area contributed by atoms with Crippen LogP contribution >= 0.6 is 0 Å². The van der Waals surface area contributed by atoms with Gasteiger partial charge in [-0.05, 0) is 42.6 Å². The van der Waals surface area contributed by atoms with E-state index in [1.165, 1.54) is 22.2 Å². The smallest absolute Gasteiger partial charge is 0.0486 e. The molecule has 2 rings (SSSR count). The van der Waals surface area contributed by atoms with Gasteiger partial charge in [0.1, 0.15) is 0 Å². The van der Waals surface area contributed by atoms with E-state index in [4.69, 9.17) is 0 Å².